The van der Waals surface area contributed by atoms with Crippen molar-refractivity contribution in [3.05, 3.63) is 60.2 Å². The molecule has 0 spiro atoms. The van der Waals surface area contributed by atoms with E-state index in [4.69, 9.17) is 0 Å². The number of thioether (sulfide) groups is 1. The van der Waals surface area contributed by atoms with Crippen molar-refractivity contribution < 1.29 is 14.7 Å². The molecule has 0 atom stereocenters. The van der Waals surface area contributed by atoms with Crippen LogP contribution in [0, 0.1) is 0 Å². The van der Waals surface area contributed by atoms with Gasteiger partial charge in [0.15, 0.2) is 0 Å². The van der Waals surface area contributed by atoms with Crippen LogP contribution >= 0.6 is 11.8 Å². The van der Waals surface area contributed by atoms with Crippen LogP contribution < -0.4 is 5.32 Å². The number of piperidine rings is 1. The van der Waals surface area contributed by atoms with Crippen molar-refractivity contribution >= 4 is 29.3 Å². The van der Waals surface area contributed by atoms with Gasteiger partial charge in [0.1, 0.15) is 0 Å². The van der Waals surface area contributed by atoms with E-state index in [-0.39, 0.29) is 17.9 Å². The molecule has 3 rings (SSSR count). The van der Waals surface area contributed by atoms with Crippen LogP contribution in [0.2, 0.25) is 0 Å². The van der Waals surface area contributed by atoms with Crippen LogP contribution in [0.25, 0.3) is 0 Å². The average Bonchev–Trinajstić information content (AvgIpc) is 2.71. The molecule has 6 heteroatoms. The van der Waals surface area contributed by atoms with Gasteiger partial charge in [-0.15, -0.1) is 11.8 Å². The monoisotopic (exact) mass is 398 g/mol. The van der Waals surface area contributed by atoms with Gasteiger partial charge in [-0.1, -0.05) is 30.3 Å². The molecule has 2 amide bonds. The fourth-order valence-electron chi connectivity index (χ4n) is 3.11. The van der Waals surface area contributed by atoms with E-state index in [1.54, 1.807) is 11.8 Å². The number of carbonyl (C=O) groups excluding carboxylic acids is 2. The summed E-state index contributed by atoms with van der Waals surface area (Å²) in [6.45, 7) is 1.24. The summed E-state index contributed by atoms with van der Waals surface area (Å²) in [4.78, 5) is 27.4. The lowest BCUT2D eigenvalue weighted by atomic mass is 10.1. The van der Waals surface area contributed by atoms with Crippen molar-refractivity contribution in [2.45, 2.75) is 36.7 Å². The summed E-state index contributed by atoms with van der Waals surface area (Å²) in [5, 5.41) is 12.4. The quantitative estimate of drug-likeness (QED) is 0.702. The Labute approximate surface area is 170 Å². The molecular formula is C22H26N2O3S. The topological polar surface area (TPSA) is 69.6 Å². The molecule has 0 aliphatic carbocycles. The molecule has 2 N–H and O–H groups in total. The van der Waals surface area contributed by atoms with Gasteiger partial charge in [0, 0.05) is 35.8 Å². The maximum atomic E-state index is 12.3. The molecule has 1 saturated heterocycles. The van der Waals surface area contributed by atoms with E-state index in [9.17, 15) is 14.7 Å². The summed E-state index contributed by atoms with van der Waals surface area (Å²) in [6, 6.07) is 17.5. The highest BCUT2D eigenvalue weighted by Crippen LogP contribution is 2.18. The zero-order valence-corrected chi connectivity index (χ0v) is 16.7. The number of aliphatic hydroxyl groups excluding tert-OH is 1. The molecule has 5 nitrogen and oxygen atoms in total. The van der Waals surface area contributed by atoms with E-state index in [0.717, 1.165) is 21.9 Å². The van der Waals surface area contributed by atoms with Crippen molar-refractivity contribution in [3.63, 3.8) is 0 Å². The maximum Gasteiger partial charge on any atom is 0.226 e. The summed E-state index contributed by atoms with van der Waals surface area (Å²) < 4.78 is 0. The number of aliphatic hydroxyl groups is 1. The van der Waals surface area contributed by atoms with Crippen LogP contribution in [0.15, 0.2) is 59.5 Å². The van der Waals surface area contributed by atoms with Crippen molar-refractivity contribution in [2.75, 3.05) is 24.2 Å². The van der Waals surface area contributed by atoms with Crippen LogP contribution in [0.3, 0.4) is 0 Å². The van der Waals surface area contributed by atoms with Crippen LogP contribution in [0.5, 0.6) is 0 Å². The molecule has 28 heavy (non-hydrogen) atoms. The van der Waals surface area contributed by atoms with Gasteiger partial charge in [0.2, 0.25) is 11.8 Å². The van der Waals surface area contributed by atoms with Gasteiger partial charge in [0.25, 0.3) is 0 Å². The lowest BCUT2D eigenvalue weighted by Gasteiger charge is -2.29. The summed E-state index contributed by atoms with van der Waals surface area (Å²) in [5.74, 6) is 0.799. The first-order valence-electron chi connectivity index (χ1n) is 9.62. The second-order valence-electron chi connectivity index (χ2n) is 6.95. The van der Waals surface area contributed by atoms with E-state index in [1.165, 1.54) is 0 Å². The number of rotatable bonds is 7. The second kappa shape index (κ2) is 10.3. The Balaban J connectivity index is 1.41. The van der Waals surface area contributed by atoms with E-state index >= 15 is 0 Å². The predicted molar refractivity (Wildman–Crippen MR) is 112 cm³/mol. The van der Waals surface area contributed by atoms with Crippen molar-refractivity contribution in [1.29, 1.82) is 0 Å². The molecule has 0 unspecified atom stereocenters. The van der Waals surface area contributed by atoms with E-state index in [2.05, 4.69) is 5.32 Å². The third-order valence-corrected chi connectivity index (χ3v) is 5.77. The molecule has 0 aromatic heterocycles. The average molecular weight is 399 g/mol. The Kier molecular flexibility index (Phi) is 7.51. The molecule has 0 saturated carbocycles. The number of likely N-dealkylation sites (tertiary alicyclic amines) is 1. The normalized spacial score (nSPS) is 14.7. The Morgan fingerprint density at radius 1 is 1.04 bits per heavy atom. The maximum absolute atomic E-state index is 12.3. The Morgan fingerprint density at radius 3 is 2.39 bits per heavy atom. The van der Waals surface area contributed by atoms with Crippen LogP contribution in [0.4, 0.5) is 5.69 Å². The first-order chi connectivity index (χ1) is 13.6. The largest absolute Gasteiger partial charge is 0.393 e. The number of nitrogens with zero attached hydrogens (tertiary/aromatic N) is 1. The number of hydrogen-bond acceptors (Lipinski definition) is 4. The van der Waals surface area contributed by atoms with E-state index in [0.29, 0.717) is 38.8 Å². The first kappa shape index (κ1) is 20.4. The smallest absolute Gasteiger partial charge is 0.226 e. The number of benzene rings is 2. The summed E-state index contributed by atoms with van der Waals surface area (Å²) in [5.41, 5.74) is 1.67. The highest BCUT2D eigenvalue weighted by molar-refractivity contribution is 7.99. The standard InChI is InChI=1S/C22H26N2O3S/c25-19-10-13-24(14-11-19)22(27)16-17-6-8-18(9-7-17)23-21(26)12-15-28-20-4-2-1-3-5-20/h1-9,19,25H,10-16H2,(H,23,26). The molecule has 1 fully saturated rings. The van der Waals surface area contributed by atoms with E-state index < -0.39 is 0 Å². The Morgan fingerprint density at radius 2 is 1.71 bits per heavy atom. The minimum atomic E-state index is -0.280. The van der Waals surface area contributed by atoms with Gasteiger partial charge in [-0.3, -0.25) is 9.59 Å². The fraction of sp³-hybridized carbons (Fsp3) is 0.364. The van der Waals surface area contributed by atoms with Crippen molar-refractivity contribution in [2.24, 2.45) is 0 Å². The molecule has 1 aliphatic heterocycles. The van der Waals surface area contributed by atoms with Crippen LogP contribution in [-0.2, 0) is 16.0 Å². The Bertz CT molecular complexity index is 772. The summed E-state index contributed by atoms with van der Waals surface area (Å²) in [7, 11) is 0. The molecule has 0 bridgehead atoms. The molecule has 0 radical (unpaired) electrons. The lowest BCUT2D eigenvalue weighted by molar-refractivity contribution is -0.132. The highest BCUT2D eigenvalue weighted by Gasteiger charge is 2.21. The van der Waals surface area contributed by atoms with Gasteiger partial charge in [-0.25, -0.2) is 0 Å². The van der Waals surface area contributed by atoms with Gasteiger partial charge < -0.3 is 15.3 Å². The van der Waals surface area contributed by atoms with Gasteiger partial charge in [-0.05, 0) is 42.7 Å². The van der Waals surface area contributed by atoms with Gasteiger partial charge in [0.05, 0.1) is 12.5 Å². The number of nitrogens with one attached hydrogen (secondary N) is 1. The van der Waals surface area contributed by atoms with E-state index in [1.807, 2.05) is 59.5 Å². The van der Waals surface area contributed by atoms with Crippen molar-refractivity contribution in [1.82, 2.24) is 4.90 Å². The zero-order chi connectivity index (χ0) is 19.8. The molecular weight excluding hydrogens is 372 g/mol. The van der Waals surface area contributed by atoms with Crippen LogP contribution in [-0.4, -0.2) is 46.8 Å². The predicted octanol–water partition coefficient (Wildman–Crippen LogP) is 3.33. The third kappa shape index (κ3) is 6.39. The molecule has 2 aromatic carbocycles. The minimum absolute atomic E-state index is 0.0147. The first-order valence-corrected chi connectivity index (χ1v) is 10.6. The number of carbonyl (C=O) groups is 2. The molecule has 1 heterocycles. The number of hydrogen-bond donors (Lipinski definition) is 2. The molecule has 148 valence electrons. The highest BCUT2D eigenvalue weighted by atomic mass is 32.2. The van der Waals surface area contributed by atoms with Crippen molar-refractivity contribution in [3.8, 4) is 0 Å². The number of anilines is 1. The fourth-order valence-corrected chi connectivity index (χ4v) is 3.98. The van der Waals surface area contributed by atoms with Crippen LogP contribution in [0.1, 0.15) is 24.8 Å². The molecule has 1 aliphatic rings. The third-order valence-electron chi connectivity index (χ3n) is 4.75. The minimum Gasteiger partial charge on any atom is -0.393 e. The number of amides is 2. The second-order valence-corrected chi connectivity index (χ2v) is 8.11. The Hall–Kier alpha value is -2.31. The summed E-state index contributed by atoms with van der Waals surface area (Å²) >= 11 is 1.66. The summed E-state index contributed by atoms with van der Waals surface area (Å²) in [6.07, 6.45) is 1.81. The van der Waals surface area contributed by atoms with Gasteiger partial charge in [-0.2, -0.15) is 0 Å². The van der Waals surface area contributed by atoms with Gasteiger partial charge >= 0.3 is 0 Å². The SMILES string of the molecule is O=C(CCSc1ccccc1)Nc1ccc(CC(=O)N2CCC(O)CC2)cc1. The zero-order valence-electron chi connectivity index (χ0n) is 15.8. The molecule has 2 aromatic rings. The lowest BCUT2D eigenvalue weighted by Crippen LogP contribution is -2.40.